The van der Waals surface area contributed by atoms with Gasteiger partial charge >= 0.3 is 29.6 Å². The van der Waals surface area contributed by atoms with E-state index in [1.165, 1.54) is 18.3 Å². The quantitative estimate of drug-likeness (QED) is 0.289. The molecule has 0 spiro atoms. The summed E-state index contributed by atoms with van der Waals surface area (Å²) in [4.78, 5) is 7.28. The number of nitrogens with zero attached hydrogens (tertiary/aromatic N) is 2. The zero-order chi connectivity index (χ0) is 17.8. The van der Waals surface area contributed by atoms with Crippen LogP contribution in [-0.2, 0) is 23.7 Å². The van der Waals surface area contributed by atoms with Crippen molar-refractivity contribution >= 4 is 63.5 Å². The number of pyridine rings is 2. The summed E-state index contributed by atoms with van der Waals surface area (Å²) in [6.07, 6.45) is 6.65. The van der Waals surface area contributed by atoms with Gasteiger partial charge in [-0.25, -0.2) is 18.7 Å². The van der Waals surface area contributed by atoms with Crippen molar-refractivity contribution in [2.24, 2.45) is 0 Å². The summed E-state index contributed by atoms with van der Waals surface area (Å²) >= 11 is 19.6. The summed E-state index contributed by atoms with van der Waals surface area (Å²) < 4.78 is 25.2. The van der Waals surface area contributed by atoms with Crippen LogP contribution >= 0.6 is 50.9 Å². The first-order valence-electron chi connectivity index (χ1n) is 6.03. The zero-order valence-electron chi connectivity index (χ0n) is 13.3. The summed E-state index contributed by atoms with van der Waals surface area (Å²) in [5.41, 5.74) is 1.64. The van der Waals surface area contributed by atoms with Crippen LogP contribution in [0.4, 0.5) is 8.78 Å². The number of hydrogen-bond donors (Lipinski definition) is 0. The molecular formula is C14H14BrCl2F2N2NaS2. The molecule has 2 nitrogen and oxygen atoms in total. The number of rotatable bonds is 3. The number of halogens is 5. The molecule has 0 radical (unpaired) electrons. The molecule has 0 fully saturated rings. The first kappa shape index (κ1) is 27.1. The molecule has 0 aromatic carbocycles. The Morgan fingerprint density at radius 3 is 1.83 bits per heavy atom. The van der Waals surface area contributed by atoms with Gasteiger partial charge in [0.1, 0.15) is 0 Å². The molecule has 10 heteroatoms. The standard InChI is InChI=1S/C7H7ClFNS.C6H4BrClFN.CH4S.Na/c1-11-4-5-2-6(9)7(8)10-3-5;7-2-4-1-5(9)6(8)10-3-4;1-2;/h2-3H,4H2,1H3;1,3H,2H2;2H,1H3;/q;;;+1/p-1. The molecule has 2 rings (SSSR count). The average molecular weight is 486 g/mol. The van der Waals surface area contributed by atoms with Gasteiger partial charge in [-0.1, -0.05) is 39.1 Å². The normalized spacial score (nSPS) is 9.00. The molecule has 128 valence electrons. The van der Waals surface area contributed by atoms with Gasteiger partial charge in [0.05, 0.1) is 0 Å². The Morgan fingerprint density at radius 2 is 1.46 bits per heavy atom. The minimum Gasteiger partial charge on any atom is -0.796 e. The smallest absolute Gasteiger partial charge is 0.796 e. The molecule has 0 aliphatic rings. The SMILES string of the molecule is CSCc1cnc(Cl)c(F)c1.C[S-].Fc1cc(CBr)cnc1Cl.[Na+]. The van der Waals surface area contributed by atoms with Crippen molar-refractivity contribution in [2.45, 2.75) is 11.1 Å². The van der Waals surface area contributed by atoms with Gasteiger partial charge in [0.2, 0.25) is 0 Å². The predicted octanol–water partition coefficient (Wildman–Crippen LogP) is 2.67. The van der Waals surface area contributed by atoms with E-state index in [0.29, 0.717) is 5.33 Å². The van der Waals surface area contributed by atoms with E-state index in [0.717, 1.165) is 16.9 Å². The minimum absolute atomic E-state index is 0. The van der Waals surface area contributed by atoms with Crippen molar-refractivity contribution in [2.75, 3.05) is 12.5 Å². The Kier molecular flexibility index (Phi) is 18.2. The Labute approximate surface area is 191 Å². The maximum Gasteiger partial charge on any atom is 1.00 e. The van der Waals surface area contributed by atoms with Gasteiger partial charge in [0.25, 0.3) is 0 Å². The topological polar surface area (TPSA) is 25.8 Å². The van der Waals surface area contributed by atoms with Crippen LogP contribution in [0.1, 0.15) is 11.1 Å². The third-order valence-electron chi connectivity index (χ3n) is 2.17. The van der Waals surface area contributed by atoms with Crippen LogP contribution in [0.25, 0.3) is 0 Å². The minimum atomic E-state index is -0.474. The van der Waals surface area contributed by atoms with Crippen molar-refractivity contribution in [3.8, 4) is 0 Å². The second kappa shape index (κ2) is 16.1. The molecule has 2 heterocycles. The molecule has 2 aromatic rings. The molecule has 0 amide bonds. The van der Waals surface area contributed by atoms with Crippen LogP contribution in [0, 0.1) is 11.6 Å². The van der Waals surface area contributed by atoms with Gasteiger partial charge < -0.3 is 12.6 Å². The van der Waals surface area contributed by atoms with Gasteiger partial charge in [-0.05, 0) is 29.5 Å². The second-order valence-electron chi connectivity index (χ2n) is 3.80. The van der Waals surface area contributed by atoms with Gasteiger partial charge in [0, 0.05) is 23.5 Å². The Morgan fingerprint density at radius 1 is 1.04 bits per heavy atom. The van der Waals surface area contributed by atoms with Crippen LogP contribution in [0.2, 0.25) is 10.3 Å². The number of hydrogen-bond acceptors (Lipinski definition) is 4. The first-order chi connectivity index (χ1) is 11.0. The molecule has 24 heavy (non-hydrogen) atoms. The fourth-order valence-corrected chi connectivity index (χ4v) is 2.24. The summed E-state index contributed by atoms with van der Waals surface area (Å²) in [6.45, 7) is 0. The molecule has 0 saturated carbocycles. The third-order valence-corrected chi connectivity index (χ3v) is 4.00. The molecule has 0 atom stereocenters. The molecule has 0 bridgehead atoms. The summed E-state index contributed by atoms with van der Waals surface area (Å²) in [5, 5.41) is 0.452. The van der Waals surface area contributed by atoms with Crippen LogP contribution in [0.3, 0.4) is 0 Å². The van der Waals surface area contributed by atoms with Crippen LogP contribution in [0.15, 0.2) is 24.5 Å². The molecule has 0 saturated heterocycles. The van der Waals surface area contributed by atoms with E-state index in [-0.39, 0.29) is 39.9 Å². The van der Waals surface area contributed by atoms with Crippen molar-refractivity contribution in [1.29, 1.82) is 0 Å². The summed E-state index contributed by atoms with van der Waals surface area (Å²) in [6, 6.07) is 2.76. The molecule has 0 N–H and O–H groups in total. The van der Waals surface area contributed by atoms with E-state index >= 15 is 0 Å². The van der Waals surface area contributed by atoms with Gasteiger partial charge in [-0.3, -0.25) is 0 Å². The maximum absolute atomic E-state index is 12.7. The van der Waals surface area contributed by atoms with E-state index in [2.05, 4.69) is 38.5 Å². The number of aromatic nitrogens is 2. The first-order valence-corrected chi connectivity index (χ1v) is 10.1. The van der Waals surface area contributed by atoms with E-state index in [4.69, 9.17) is 23.2 Å². The average Bonchev–Trinajstić information content (AvgIpc) is 2.56. The summed E-state index contributed by atoms with van der Waals surface area (Å²) in [5.74, 6) is -0.155. The predicted molar refractivity (Wildman–Crippen MR) is 102 cm³/mol. The molecule has 0 aliphatic heterocycles. The Bertz CT molecular complexity index is 613. The van der Waals surface area contributed by atoms with Crippen molar-refractivity contribution in [3.63, 3.8) is 0 Å². The van der Waals surface area contributed by atoms with E-state index in [1.807, 2.05) is 6.26 Å². The van der Waals surface area contributed by atoms with Crippen LogP contribution in [-0.4, -0.2) is 22.5 Å². The van der Waals surface area contributed by atoms with E-state index in [1.54, 1.807) is 24.2 Å². The van der Waals surface area contributed by atoms with Gasteiger partial charge in [-0.15, -0.1) is 0 Å². The second-order valence-corrected chi connectivity index (χ2v) is 5.94. The van der Waals surface area contributed by atoms with E-state index < -0.39 is 11.6 Å². The van der Waals surface area contributed by atoms with Crippen molar-refractivity contribution < 1.29 is 38.3 Å². The largest absolute Gasteiger partial charge is 1.00 e. The molecule has 0 unspecified atom stereocenters. The Hall–Kier alpha value is 0.920. The van der Waals surface area contributed by atoms with Gasteiger partial charge in [0.15, 0.2) is 21.9 Å². The fraction of sp³-hybridized carbons (Fsp3) is 0.286. The fourth-order valence-electron chi connectivity index (χ4n) is 1.24. The number of alkyl halides is 1. The molecule has 2 aromatic heterocycles. The van der Waals surface area contributed by atoms with Gasteiger partial charge in [-0.2, -0.15) is 18.0 Å². The zero-order valence-corrected chi connectivity index (χ0v) is 20.1. The third kappa shape index (κ3) is 10.8. The number of thioether (sulfide) groups is 1. The van der Waals surface area contributed by atoms with E-state index in [9.17, 15) is 8.78 Å². The maximum atomic E-state index is 12.7. The van der Waals surface area contributed by atoms with Crippen molar-refractivity contribution in [1.82, 2.24) is 9.97 Å². The van der Waals surface area contributed by atoms with Crippen LogP contribution in [0.5, 0.6) is 0 Å². The van der Waals surface area contributed by atoms with Crippen LogP contribution < -0.4 is 29.6 Å². The van der Waals surface area contributed by atoms with Crippen molar-refractivity contribution in [3.05, 3.63) is 57.6 Å². The molecular weight excluding hydrogens is 472 g/mol. The Balaban J connectivity index is 0. The molecule has 0 aliphatic carbocycles. The monoisotopic (exact) mass is 484 g/mol. The summed E-state index contributed by atoms with van der Waals surface area (Å²) in [7, 11) is 0.